The van der Waals surface area contributed by atoms with E-state index in [0.29, 0.717) is 12.5 Å². The van der Waals surface area contributed by atoms with Gasteiger partial charge in [-0.3, -0.25) is 4.79 Å². The van der Waals surface area contributed by atoms with Crippen molar-refractivity contribution in [3.63, 3.8) is 0 Å². The van der Waals surface area contributed by atoms with E-state index in [-0.39, 0.29) is 42.5 Å². The van der Waals surface area contributed by atoms with Crippen LogP contribution in [-0.4, -0.2) is 57.7 Å². The smallest absolute Gasteiger partial charge is 0.241 e. The topological polar surface area (TPSA) is 78.0 Å². The molecule has 3 N–H and O–H groups in total. The number of hydrogen-bond acceptors (Lipinski definition) is 4. The SMILES string of the molecule is CCCNC(=O)CN=C(NCC)NC1CCN(c2ccccc2OC)C1.I. The average molecular weight is 489 g/mol. The Morgan fingerprint density at radius 1 is 1.30 bits per heavy atom. The largest absolute Gasteiger partial charge is 0.495 e. The molecular weight excluding hydrogens is 457 g/mol. The van der Waals surface area contributed by atoms with E-state index in [4.69, 9.17) is 4.74 Å². The lowest BCUT2D eigenvalue weighted by atomic mass is 10.2. The molecule has 1 atom stereocenters. The number of halogens is 1. The van der Waals surface area contributed by atoms with Gasteiger partial charge in [0.2, 0.25) is 5.91 Å². The van der Waals surface area contributed by atoms with Gasteiger partial charge in [0.05, 0.1) is 12.8 Å². The van der Waals surface area contributed by atoms with E-state index >= 15 is 0 Å². The van der Waals surface area contributed by atoms with E-state index in [1.54, 1.807) is 7.11 Å². The number of nitrogens with one attached hydrogen (secondary N) is 3. The molecule has 1 aromatic carbocycles. The van der Waals surface area contributed by atoms with E-state index in [1.807, 2.05) is 32.0 Å². The maximum atomic E-state index is 11.8. The Morgan fingerprint density at radius 2 is 2.07 bits per heavy atom. The molecule has 0 aliphatic carbocycles. The zero-order valence-corrected chi connectivity index (χ0v) is 18.8. The molecule has 1 aromatic rings. The summed E-state index contributed by atoms with van der Waals surface area (Å²) in [6.07, 6.45) is 1.93. The molecule has 1 aliphatic heterocycles. The van der Waals surface area contributed by atoms with Crippen LogP contribution in [-0.2, 0) is 4.79 Å². The standard InChI is InChI=1S/C19H31N5O2.HI/c1-4-11-21-18(25)13-22-19(20-5-2)23-15-10-12-24(14-15)16-8-6-7-9-17(16)26-3;/h6-9,15H,4-5,10-14H2,1-3H3,(H,21,25)(H2,20,22,23);1H. The molecule has 0 saturated carbocycles. The van der Waals surface area contributed by atoms with Gasteiger partial charge in [-0.05, 0) is 31.9 Å². The van der Waals surface area contributed by atoms with Gasteiger partial charge < -0.3 is 25.6 Å². The molecule has 152 valence electrons. The average Bonchev–Trinajstić information content (AvgIpc) is 3.12. The van der Waals surface area contributed by atoms with Crippen LogP contribution < -0.4 is 25.6 Å². The zero-order valence-electron chi connectivity index (χ0n) is 16.5. The summed E-state index contributed by atoms with van der Waals surface area (Å²) in [7, 11) is 1.70. The van der Waals surface area contributed by atoms with E-state index < -0.39 is 0 Å². The van der Waals surface area contributed by atoms with E-state index in [9.17, 15) is 4.79 Å². The van der Waals surface area contributed by atoms with E-state index in [1.165, 1.54) is 0 Å². The highest BCUT2D eigenvalue weighted by atomic mass is 127. The second kappa shape index (κ2) is 12.6. The number of ether oxygens (including phenoxy) is 1. The number of guanidine groups is 1. The highest BCUT2D eigenvalue weighted by molar-refractivity contribution is 14.0. The number of amides is 1. The summed E-state index contributed by atoms with van der Waals surface area (Å²) in [5, 5.41) is 9.50. The molecule has 27 heavy (non-hydrogen) atoms. The van der Waals surface area contributed by atoms with Crippen LogP contribution in [0.4, 0.5) is 5.69 Å². The third kappa shape index (κ3) is 7.43. The Bertz CT molecular complexity index is 612. The number of carbonyl (C=O) groups excluding carboxylic acids is 1. The molecule has 1 fully saturated rings. The van der Waals surface area contributed by atoms with Crippen molar-refractivity contribution in [2.24, 2.45) is 4.99 Å². The lowest BCUT2D eigenvalue weighted by molar-refractivity contribution is -0.119. The summed E-state index contributed by atoms with van der Waals surface area (Å²) in [5.74, 6) is 1.53. The molecule has 7 nitrogen and oxygen atoms in total. The highest BCUT2D eigenvalue weighted by Gasteiger charge is 2.25. The minimum absolute atomic E-state index is 0. The predicted molar refractivity (Wildman–Crippen MR) is 121 cm³/mol. The quantitative estimate of drug-likeness (QED) is 0.296. The maximum absolute atomic E-state index is 11.8. The van der Waals surface area contributed by atoms with Crippen LogP contribution in [0.2, 0.25) is 0 Å². The van der Waals surface area contributed by atoms with Crippen LogP contribution in [0.5, 0.6) is 5.75 Å². The van der Waals surface area contributed by atoms with Gasteiger partial charge in [0.25, 0.3) is 0 Å². The molecule has 0 spiro atoms. The number of para-hydroxylation sites is 2. The Labute approximate surface area is 179 Å². The van der Waals surface area contributed by atoms with Crippen LogP contribution in [0.15, 0.2) is 29.3 Å². The molecule has 0 aromatic heterocycles. The molecule has 1 heterocycles. The van der Waals surface area contributed by atoms with Crippen LogP contribution in [0.1, 0.15) is 26.7 Å². The van der Waals surface area contributed by atoms with Crippen molar-refractivity contribution in [3.8, 4) is 5.75 Å². The Balaban J connectivity index is 0.00000364. The van der Waals surface area contributed by atoms with Crippen molar-refractivity contribution in [3.05, 3.63) is 24.3 Å². The second-order valence-corrected chi connectivity index (χ2v) is 6.29. The van der Waals surface area contributed by atoms with Gasteiger partial charge in [0, 0.05) is 32.2 Å². The fourth-order valence-electron chi connectivity index (χ4n) is 2.97. The van der Waals surface area contributed by atoms with Crippen molar-refractivity contribution < 1.29 is 9.53 Å². The van der Waals surface area contributed by atoms with Crippen LogP contribution in [0, 0.1) is 0 Å². The zero-order chi connectivity index (χ0) is 18.8. The van der Waals surface area contributed by atoms with E-state index in [2.05, 4.69) is 31.9 Å². The first-order chi connectivity index (χ1) is 12.7. The third-order valence-corrected chi connectivity index (χ3v) is 4.25. The maximum Gasteiger partial charge on any atom is 0.241 e. The summed E-state index contributed by atoms with van der Waals surface area (Å²) >= 11 is 0. The number of aliphatic imine (C=N–C) groups is 1. The third-order valence-electron chi connectivity index (χ3n) is 4.25. The minimum atomic E-state index is -0.0499. The molecule has 2 rings (SSSR count). The summed E-state index contributed by atoms with van der Waals surface area (Å²) in [6, 6.07) is 8.35. The van der Waals surface area contributed by atoms with Crippen molar-refractivity contribution >= 4 is 41.5 Å². The molecule has 1 saturated heterocycles. The predicted octanol–water partition coefficient (Wildman–Crippen LogP) is 1.97. The number of nitrogens with zero attached hydrogens (tertiary/aromatic N) is 2. The molecule has 1 aliphatic rings. The second-order valence-electron chi connectivity index (χ2n) is 6.29. The monoisotopic (exact) mass is 489 g/mol. The van der Waals surface area contributed by atoms with Crippen molar-refractivity contribution in [2.75, 3.05) is 44.7 Å². The number of rotatable bonds is 8. The molecule has 1 amide bonds. The number of carbonyl (C=O) groups is 1. The van der Waals surface area contributed by atoms with Crippen LogP contribution in [0.25, 0.3) is 0 Å². The van der Waals surface area contributed by atoms with Gasteiger partial charge in [-0.1, -0.05) is 19.1 Å². The van der Waals surface area contributed by atoms with Gasteiger partial charge in [0.15, 0.2) is 5.96 Å². The first-order valence-electron chi connectivity index (χ1n) is 9.37. The Hall–Kier alpha value is -1.71. The first kappa shape index (κ1) is 23.3. The van der Waals surface area contributed by atoms with Gasteiger partial charge >= 0.3 is 0 Å². The Kier molecular flexibility index (Phi) is 10.9. The fraction of sp³-hybridized carbons (Fsp3) is 0.579. The number of anilines is 1. The van der Waals surface area contributed by atoms with Crippen LogP contribution >= 0.6 is 24.0 Å². The van der Waals surface area contributed by atoms with Gasteiger partial charge in [-0.15, -0.1) is 24.0 Å². The lowest BCUT2D eigenvalue weighted by Gasteiger charge is -2.22. The lowest BCUT2D eigenvalue weighted by Crippen LogP contribution is -2.45. The summed E-state index contributed by atoms with van der Waals surface area (Å²) < 4.78 is 5.47. The van der Waals surface area contributed by atoms with E-state index in [0.717, 1.165) is 43.9 Å². The summed E-state index contributed by atoms with van der Waals surface area (Å²) in [4.78, 5) is 18.5. The van der Waals surface area contributed by atoms with Crippen LogP contribution in [0.3, 0.4) is 0 Å². The van der Waals surface area contributed by atoms with Crippen molar-refractivity contribution in [1.82, 2.24) is 16.0 Å². The molecule has 0 radical (unpaired) electrons. The number of hydrogen-bond donors (Lipinski definition) is 3. The molecule has 8 heteroatoms. The first-order valence-corrected chi connectivity index (χ1v) is 9.37. The molecule has 0 bridgehead atoms. The van der Waals surface area contributed by atoms with Gasteiger partial charge in [-0.25, -0.2) is 4.99 Å². The summed E-state index contributed by atoms with van der Waals surface area (Å²) in [5.41, 5.74) is 1.11. The normalized spacial score (nSPS) is 16.5. The summed E-state index contributed by atoms with van der Waals surface area (Å²) in [6.45, 7) is 7.45. The number of methoxy groups -OCH3 is 1. The molecule has 1 unspecified atom stereocenters. The highest BCUT2D eigenvalue weighted by Crippen LogP contribution is 2.30. The minimum Gasteiger partial charge on any atom is -0.495 e. The van der Waals surface area contributed by atoms with Gasteiger partial charge in [-0.2, -0.15) is 0 Å². The van der Waals surface area contributed by atoms with Crippen molar-refractivity contribution in [1.29, 1.82) is 0 Å². The van der Waals surface area contributed by atoms with Crippen molar-refractivity contribution in [2.45, 2.75) is 32.7 Å². The number of benzene rings is 1. The molecular formula is C19H32IN5O2. The Morgan fingerprint density at radius 3 is 2.78 bits per heavy atom. The van der Waals surface area contributed by atoms with Gasteiger partial charge in [0.1, 0.15) is 12.3 Å². The fourth-order valence-corrected chi connectivity index (χ4v) is 2.97.